The minimum absolute atomic E-state index is 0.549. The van der Waals surface area contributed by atoms with Crippen LogP contribution in [0.3, 0.4) is 0 Å². The number of benzene rings is 1. The van der Waals surface area contributed by atoms with E-state index in [1.54, 1.807) is 7.11 Å². The summed E-state index contributed by atoms with van der Waals surface area (Å²) in [6.45, 7) is 5.22. The Morgan fingerprint density at radius 2 is 2.07 bits per heavy atom. The molecule has 1 aromatic carbocycles. The lowest BCUT2D eigenvalue weighted by Crippen LogP contribution is -2.07. The summed E-state index contributed by atoms with van der Waals surface area (Å²) >= 11 is 0. The molecule has 0 saturated carbocycles. The Balaban J connectivity index is 2.98. The SMILES string of the molecule is CNCc1ccc(C(C)C)cc1OC. The monoisotopic (exact) mass is 193 g/mol. The zero-order chi connectivity index (χ0) is 10.6. The second-order valence-corrected chi connectivity index (χ2v) is 3.76. The number of nitrogens with one attached hydrogen (secondary N) is 1. The van der Waals surface area contributed by atoms with Crippen molar-refractivity contribution in [2.24, 2.45) is 0 Å². The molecule has 0 aromatic heterocycles. The third-order valence-corrected chi connectivity index (χ3v) is 2.35. The largest absolute Gasteiger partial charge is 0.496 e. The highest BCUT2D eigenvalue weighted by Crippen LogP contribution is 2.24. The van der Waals surface area contributed by atoms with Crippen LogP contribution in [0.15, 0.2) is 18.2 Å². The summed E-state index contributed by atoms with van der Waals surface area (Å²) in [5.41, 5.74) is 2.53. The standard InChI is InChI=1S/C12H19NO/c1-9(2)10-5-6-11(8-13-3)12(7-10)14-4/h5-7,9,13H,8H2,1-4H3. The topological polar surface area (TPSA) is 21.3 Å². The quantitative estimate of drug-likeness (QED) is 0.793. The van der Waals surface area contributed by atoms with Crippen LogP contribution in [-0.2, 0) is 6.54 Å². The highest BCUT2D eigenvalue weighted by atomic mass is 16.5. The first-order valence-electron chi connectivity index (χ1n) is 5.00. The lowest BCUT2D eigenvalue weighted by atomic mass is 10.0. The summed E-state index contributed by atoms with van der Waals surface area (Å²) in [4.78, 5) is 0. The summed E-state index contributed by atoms with van der Waals surface area (Å²) in [5.74, 6) is 1.53. The Morgan fingerprint density at radius 1 is 1.36 bits per heavy atom. The Kier molecular flexibility index (Phi) is 3.96. The third-order valence-electron chi connectivity index (χ3n) is 2.35. The van der Waals surface area contributed by atoms with Crippen molar-refractivity contribution < 1.29 is 4.74 Å². The highest BCUT2D eigenvalue weighted by molar-refractivity contribution is 5.38. The molecule has 0 spiro atoms. The molecule has 0 aliphatic heterocycles. The summed E-state index contributed by atoms with van der Waals surface area (Å²) in [7, 11) is 3.66. The average Bonchev–Trinajstić information content (AvgIpc) is 2.18. The first kappa shape index (κ1) is 11.1. The van der Waals surface area contributed by atoms with Gasteiger partial charge in [0, 0.05) is 12.1 Å². The molecule has 1 N–H and O–H groups in total. The maximum atomic E-state index is 5.35. The molecule has 0 aliphatic carbocycles. The normalized spacial score (nSPS) is 10.6. The van der Waals surface area contributed by atoms with Crippen LogP contribution < -0.4 is 10.1 Å². The second kappa shape index (κ2) is 5.01. The molecule has 2 heteroatoms. The number of rotatable bonds is 4. The van der Waals surface area contributed by atoms with E-state index in [-0.39, 0.29) is 0 Å². The predicted octanol–water partition coefficient (Wildman–Crippen LogP) is 2.54. The van der Waals surface area contributed by atoms with Crippen LogP contribution in [0.4, 0.5) is 0 Å². The Hall–Kier alpha value is -1.02. The molecule has 0 bridgehead atoms. The Bertz CT molecular complexity index is 294. The van der Waals surface area contributed by atoms with Crippen LogP contribution in [0.2, 0.25) is 0 Å². The molecule has 0 radical (unpaired) electrons. The average molecular weight is 193 g/mol. The van der Waals surface area contributed by atoms with E-state index in [0.717, 1.165) is 12.3 Å². The highest BCUT2D eigenvalue weighted by Gasteiger charge is 2.05. The van der Waals surface area contributed by atoms with Crippen LogP contribution in [-0.4, -0.2) is 14.2 Å². The van der Waals surface area contributed by atoms with Crippen molar-refractivity contribution >= 4 is 0 Å². The van der Waals surface area contributed by atoms with E-state index in [1.807, 2.05) is 7.05 Å². The van der Waals surface area contributed by atoms with Crippen molar-refractivity contribution in [3.05, 3.63) is 29.3 Å². The number of ether oxygens (including phenoxy) is 1. The number of hydrogen-bond donors (Lipinski definition) is 1. The lowest BCUT2D eigenvalue weighted by Gasteiger charge is -2.12. The van der Waals surface area contributed by atoms with Crippen molar-refractivity contribution in [2.45, 2.75) is 26.3 Å². The number of hydrogen-bond acceptors (Lipinski definition) is 2. The number of methoxy groups -OCH3 is 1. The van der Waals surface area contributed by atoms with Crippen LogP contribution in [0, 0.1) is 0 Å². The maximum absolute atomic E-state index is 5.35. The van der Waals surface area contributed by atoms with Gasteiger partial charge < -0.3 is 10.1 Å². The molecule has 0 aliphatic rings. The molecule has 0 unspecified atom stereocenters. The Labute approximate surface area is 86.3 Å². The molecule has 14 heavy (non-hydrogen) atoms. The molecule has 78 valence electrons. The van der Waals surface area contributed by atoms with Gasteiger partial charge in [0.2, 0.25) is 0 Å². The van der Waals surface area contributed by atoms with E-state index in [1.165, 1.54) is 11.1 Å². The summed E-state index contributed by atoms with van der Waals surface area (Å²) in [5, 5.41) is 3.13. The maximum Gasteiger partial charge on any atom is 0.123 e. The van der Waals surface area contributed by atoms with Crippen molar-refractivity contribution in [3.8, 4) is 5.75 Å². The Morgan fingerprint density at radius 3 is 2.57 bits per heavy atom. The molecular weight excluding hydrogens is 174 g/mol. The van der Waals surface area contributed by atoms with Gasteiger partial charge in [-0.15, -0.1) is 0 Å². The zero-order valence-corrected chi connectivity index (χ0v) is 9.42. The van der Waals surface area contributed by atoms with Gasteiger partial charge in [-0.05, 0) is 24.6 Å². The van der Waals surface area contributed by atoms with Gasteiger partial charge >= 0.3 is 0 Å². The minimum Gasteiger partial charge on any atom is -0.496 e. The first-order valence-corrected chi connectivity index (χ1v) is 5.00. The van der Waals surface area contributed by atoms with Gasteiger partial charge in [0.1, 0.15) is 5.75 Å². The van der Waals surface area contributed by atoms with Gasteiger partial charge in [-0.3, -0.25) is 0 Å². The van der Waals surface area contributed by atoms with Crippen LogP contribution in [0.1, 0.15) is 30.9 Å². The molecule has 0 fully saturated rings. The fraction of sp³-hybridized carbons (Fsp3) is 0.500. The fourth-order valence-electron chi connectivity index (χ4n) is 1.46. The van der Waals surface area contributed by atoms with E-state index in [0.29, 0.717) is 5.92 Å². The van der Waals surface area contributed by atoms with E-state index >= 15 is 0 Å². The molecule has 0 amide bonds. The molecule has 0 saturated heterocycles. The zero-order valence-electron chi connectivity index (χ0n) is 9.42. The first-order chi connectivity index (χ1) is 6.69. The predicted molar refractivity (Wildman–Crippen MR) is 59.8 cm³/mol. The van der Waals surface area contributed by atoms with Gasteiger partial charge in [0.15, 0.2) is 0 Å². The van der Waals surface area contributed by atoms with Gasteiger partial charge in [0.25, 0.3) is 0 Å². The molecular formula is C12H19NO. The molecule has 0 atom stereocenters. The molecule has 2 nitrogen and oxygen atoms in total. The third kappa shape index (κ3) is 2.48. The van der Waals surface area contributed by atoms with E-state index < -0.39 is 0 Å². The minimum atomic E-state index is 0.549. The van der Waals surface area contributed by atoms with Crippen LogP contribution in [0.25, 0.3) is 0 Å². The van der Waals surface area contributed by atoms with Gasteiger partial charge in [0.05, 0.1) is 7.11 Å². The van der Waals surface area contributed by atoms with E-state index in [9.17, 15) is 0 Å². The molecule has 1 aromatic rings. The van der Waals surface area contributed by atoms with Crippen molar-refractivity contribution in [1.29, 1.82) is 0 Å². The van der Waals surface area contributed by atoms with E-state index in [4.69, 9.17) is 4.74 Å². The summed E-state index contributed by atoms with van der Waals surface area (Å²) in [6, 6.07) is 6.42. The smallest absolute Gasteiger partial charge is 0.123 e. The second-order valence-electron chi connectivity index (χ2n) is 3.76. The van der Waals surface area contributed by atoms with Gasteiger partial charge in [-0.25, -0.2) is 0 Å². The van der Waals surface area contributed by atoms with Gasteiger partial charge in [-0.2, -0.15) is 0 Å². The fourth-order valence-corrected chi connectivity index (χ4v) is 1.46. The van der Waals surface area contributed by atoms with E-state index in [2.05, 4.69) is 37.4 Å². The lowest BCUT2D eigenvalue weighted by molar-refractivity contribution is 0.407. The van der Waals surface area contributed by atoms with Gasteiger partial charge in [-0.1, -0.05) is 26.0 Å². The van der Waals surface area contributed by atoms with Crippen LogP contribution >= 0.6 is 0 Å². The molecule has 1 rings (SSSR count). The van der Waals surface area contributed by atoms with Crippen molar-refractivity contribution in [3.63, 3.8) is 0 Å². The summed E-state index contributed by atoms with van der Waals surface area (Å²) < 4.78 is 5.35. The van der Waals surface area contributed by atoms with Crippen molar-refractivity contribution in [2.75, 3.05) is 14.2 Å². The van der Waals surface area contributed by atoms with Crippen molar-refractivity contribution in [1.82, 2.24) is 5.32 Å². The summed E-state index contributed by atoms with van der Waals surface area (Å²) in [6.07, 6.45) is 0. The molecule has 0 heterocycles. The van der Waals surface area contributed by atoms with Crippen LogP contribution in [0.5, 0.6) is 5.75 Å².